The maximum Gasteiger partial charge on any atom is 0.251 e. The van der Waals surface area contributed by atoms with Gasteiger partial charge in [0.1, 0.15) is 12.7 Å². The fraction of sp³-hybridized carbons (Fsp3) is 0.318. The Balaban J connectivity index is 1.25. The zero-order chi connectivity index (χ0) is 19.2. The van der Waals surface area contributed by atoms with Gasteiger partial charge in [-0.3, -0.25) is 9.69 Å². The number of carbonyl (C=O) groups excluding carboxylic acids is 1. The number of hydrogen-bond donors (Lipinski definition) is 1. The summed E-state index contributed by atoms with van der Waals surface area (Å²) >= 11 is 0. The van der Waals surface area contributed by atoms with Gasteiger partial charge in [0.2, 0.25) is 0 Å². The molecule has 0 saturated carbocycles. The molecular formula is C22H25N5O. The average molecular weight is 375 g/mol. The van der Waals surface area contributed by atoms with Gasteiger partial charge < -0.3 is 5.32 Å². The molecule has 1 aliphatic rings. The number of aromatic nitrogens is 3. The zero-order valence-electron chi connectivity index (χ0n) is 15.9. The van der Waals surface area contributed by atoms with E-state index in [-0.39, 0.29) is 11.9 Å². The van der Waals surface area contributed by atoms with Crippen LogP contribution in [0.1, 0.15) is 34.3 Å². The lowest BCUT2D eigenvalue weighted by molar-refractivity contribution is 0.0909. The Hall–Kier alpha value is -2.99. The highest BCUT2D eigenvalue weighted by Gasteiger charge is 2.21. The van der Waals surface area contributed by atoms with E-state index in [1.807, 2.05) is 30.3 Å². The van der Waals surface area contributed by atoms with Crippen molar-refractivity contribution < 1.29 is 4.79 Å². The van der Waals surface area contributed by atoms with Crippen molar-refractivity contribution >= 4 is 5.91 Å². The Kier molecular flexibility index (Phi) is 5.77. The number of nitrogens with zero attached hydrogens (tertiary/aromatic N) is 4. The van der Waals surface area contributed by atoms with Crippen molar-refractivity contribution in [3.8, 4) is 0 Å². The normalized spacial score (nSPS) is 15.4. The number of likely N-dealkylation sites (tertiary alicyclic amines) is 1. The number of carbonyl (C=O) groups is 1. The van der Waals surface area contributed by atoms with Crippen LogP contribution in [0.5, 0.6) is 0 Å². The molecule has 6 heteroatoms. The van der Waals surface area contributed by atoms with Gasteiger partial charge in [0.15, 0.2) is 0 Å². The Labute approximate surface area is 165 Å². The summed E-state index contributed by atoms with van der Waals surface area (Å²) in [6, 6.07) is 18.5. The van der Waals surface area contributed by atoms with Gasteiger partial charge in [0.25, 0.3) is 5.91 Å². The van der Waals surface area contributed by atoms with Crippen molar-refractivity contribution in [2.24, 2.45) is 0 Å². The van der Waals surface area contributed by atoms with Gasteiger partial charge in [0.05, 0.1) is 6.54 Å². The van der Waals surface area contributed by atoms with E-state index in [0.717, 1.165) is 38.0 Å². The number of piperidine rings is 1. The van der Waals surface area contributed by atoms with Gasteiger partial charge in [-0.05, 0) is 36.1 Å². The molecule has 1 aliphatic heterocycles. The van der Waals surface area contributed by atoms with Crippen LogP contribution in [0.2, 0.25) is 0 Å². The van der Waals surface area contributed by atoms with Gasteiger partial charge in [-0.15, -0.1) is 0 Å². The van der Waals surface area contributed by atoms with E-state index in [1.165, 1.54) is 11.9 Å². The van der Waals surface area contributed by atoms with Gasteiger partial charge in [-0.1, -0.05) is 42.5 Å². The molecule has 3 aromatic rings. The standard InChI is InChI=1S/C22H25N5O/c28-22(20-8-6-19(7-9-20)15-27-17-23-16-24-27)25-21-10-12-26(13-11-21)14-18-4-2-1-3-5-18/h1-9,16-17,21H,10-15H2,(H,25,28). The number of rotatable bonds is 6. The predicted molar refractivity (Wildman–Crippen MR) is 108 cm³/mol. The first-order valence-corrected chi connectivity index (χ1v) is 9.75. The van der Waals surface area contributed by atoms with Crippen LogP contribution in [0.25, 0.3) is 0 Å². The zero-order valence-corrected chi connectivity index (χ0v) is 15.9. The molecule has 1 amide bonds. The molecule has 0 aliphatic carbocycles. The molecule has 1 saturated heterocycles. The van der Waals surface area contributed by atoms with Crippen molar-refractivity contribution in [2.45, 2.75) is 32.0 Å². The quantitative estimate of drug-likeness (QED) is 0.720. The minimum atomic E-state index is 0.00816. The molecule has 28 heavy (non-hydrogen) atoms. The highest BCUT2D eigenvalue weighted by molar-refractivity contribution is 5.94. The molecule has 1 N–H and O–H groups in total. The lowest BCUT2D eigenvalue weighted by atomic mass is 10.0. The molecule has 0 radical (unpaired) electrons. The second-order valence-electron chi connectivity index (χ2n) is 7.30. The van der Waals surface area contributed by atoms with Gasteiger partial charge in [0, 0.05) is 31.2 Å². The molecule has 0 unspecified atom stereocenters. The molecule has 2 aromatic carbocycles. The van der Waals surface area contributed by atoms with E-state index < -0.39 is 0 Å². The van der Waals surface area contributed by atoms with Gasteiger partial charge in [-0.2, -0.15) is 5.10 Å². The lowest BCUT2D eigenvalue weighted by Crippen LogP contribution is -2.44. The van der Waals surface area contributed by atoms with Crippen LogP contribution >= 0.6 is 0 Å². The van der Waals surface area contributed by atoms with Crippen molar-refractivity contribution in [1.82, 2.24) is 25.0 Å². The van der Waals surface area contributed by atoms with E-state index in [0.29, 0.717) is 12.1 Å². The number of amides is 1. The van der Waals surface area contributed by atoms with Crippen molar-refractivity contribution in [2.75, 3.05) is 13.1 Å². The van der Waals surface area contributed by atoms with Crippen LogP contribution in [-0.4, -0.2) is 44.7 Å². The first kappa shape index (κ1) is 18.4. The molecule has 4 rings (SSSR count). The first-order chi connectivity index (χ1) is 13.8. The molecule has 6 nitrogen and oxygen atoms in total. The number of benzene rings is 2. The Bertz CT molecular complexity index is 869. The topological polar surface area (TPSA) is 63.1 Å². The minimum Gasteiger partial charge on any atom is -0.349 e. The Morgan fingerprint density at radius 1 is 0.964 bits per heavy atom. The summed E-state index contributed by atoms with van der Waals surface area (Å²) in [4.78, 5) is 19.0. The van der Waals surface area contributed by atoms with Gasteiger partial charge in [-0.25, -0.2) is 9.67 Å². The van der Waals surface area contributed by atoms with E-state index in [4.69, 9.17) is 0 Å². The number of hydrogen-bond acceptors (Lipinski definition) is 4. The SMILES string of the molecule is O=C(NC1CCN(Cc2ccccc2)CC1)c1ccc(Cn2cncn2)cc1. The predicted octanol–water partition coefficient (Wildman–Crippen LogP) is 2.72. The molecule has 2 heterocycles. The van der Waals surface area contributed by atoms with Gasteiger partial charge >= 0.3 is 0 Å². The Morgan fingerprint density at radius 3 is 2.36 bits per heavy atom. The number of nitrogens with one attached hydrogen (secondary N) is 1. The third-order valence-electron chi connectivity index (χ3n) is 5.20. The van der Waals surface area contributed by atoms with Crippen LogP contribution in [0.3, 0.4) is 0 Å². The first-order valence-electron chi connectivity index (χ1n) is 9.75. The molecule has 0 spiro atoms. The largest absolute Gasteiger partial charge is 0.349 e. The fourth-order valence-electron chi connectivity index (χ4n) is 3.61. The highest BCUT2D eigenvalue weighted by Crippen LogP contribution is 2.15. The molecule has 1 aromatic heterocycles. The maximum absolute atomic E-state index is 12.6. The minimum absolute atomic E-state index is 0.00816. The molecule has 1 fully saturated rings. The molecule has 0 atom stereocenters. The van der Waals surface area contributed by atoms with E-state index >= 15 is 0 Å². The van der Waals surface area contributed by atoms with Crippen molar-refractivity contribution in [3.05, 3.63) is 83.9 Å². The summed E-state index contributed by atoms with van der Waals surface area (Å²) < 4.78 is 1.76. The average Bonchev–Trinajstić information content (AvgIpc) is 3.24. The van der Waals surface area contributed by atoms with Crippen LogP contribution in [-0.2, 0) is 13.1 Å². The smallest absolute Gasteiger partial charge is 0.251 e. The monoisotopic (exact) mass is 375 g/mol. The summed E-state index contributed by atoms with van der Waals surface area (Å²) in [5, 5.41) is 7.29. The molecular weight excluding hydrogens is 350 g/mol. The van der Waals surface area contributed by atoms with E-state index in [1.54, 1.807) is 11.0 Å². The van der Waals surface area contributed by atoms with Crippen LogP contribution in [0.15, 0.2) is 67.3 Å². The fourth-order valence-corrected chi connectivity index (χ4v) is 3.61. The molecule has 0 bridgehead atoms. The van der Waals surface area contributed by atoms with Crippen LogP contribution < -0.4 is 5.32 Å². The van der Waals surface area contributed by atoms with E-state index in [2.05, 4.69) is 44.6 Å². The molecule has 144 valence electrons. The third kappa shape index (κ3) is 4.84. The second kappa shape index (κ2) is 8.80. The summed E-state index contributed by atoms with van der Waals surface area (Å²) in [5.41, 5.74) is 3.14. The summed E-state index contributed by atoms with van der Waals surface area (Å²) in [6.07, 6.45) is 5.18. The summed E-state index contributed by atoms with van der Waals surface area (Å²) in [5.74, 6) is 0.00816. The van der Waals surface area contributed by atoms with Crippen molar-refractivity contribution in [3.63, 3.8) is 0 Å². The maximum atomic E-state index is 12.6. The Morgan fingerprint density at radius 2 is 1.68 bits per heavy atom. The van der Waals surface area contributed by atoms with Crippen LogP contribution in [0.4, 0.5) is 0 Å². The van der Waals surface area contributed by atoms with E-state index in [9.17, 15) is 4.79 Å². The van der Waals surface area contributed by atoms with Crippen molar-refractivity contribution in [1.29, 1.82) is 0 Å². The lowest BCUT2D eigenvalue weighted by Gasteiger charge is -2.32. The highest BCUT2D eigenvalue weighted by atomic mass is 16.1. The third-order valence-corrected chi connectivity index (χ3v) is 5.20. The second-order valence-corrected chi connectivity index (χ2v) is 7.30. The van der Waals surface area contributed by atoms with Crippen LogP contribution in [0, 0.1) is 0 Å². The summed E-state index contributed by atoms with van der Waals surface area (Å²) in [7, 11) is 0. The summed E-state index contributed by atoms with van der Waals surface area (Å²) in [6.45, 7) is 3.66.